The molecule has 0 spiro atoms. The minimum absolute atomic E-state index is 0.0118. The van der Waals surface area contributed by atoms with E-state index in [1.54, 1.807) is 23.7 Å². The molecule has 1 unspecified atom stereocenters. The number of hydrogen-bond donors (Lipinski definition) is 2. The SMILES string of the molecule is Cc1ccnc(Nc2nc3c(s2)C(C)OCc2[nH]ncc2-3)n1. The third kappa shape index (κ3) is 2.26. The van der Waals surface area contributed by atoms with Crippen molar-refractivity contribution in [1.82, 2.24) is 25.1 Å². The highest BCUT2D eigenvalue weighted by atomic mass is 32.1. The van der Waals surface area contributed by atoms with E-state index in [2.05, 4.69) is 30.5 Å². The van der Waals surface area contributed by atoms with Crippen LogP contribution in [-0.2, 0) is 11.3 Å². The van der Waals surface area contributed by atoms with Gasteiger partial charge in [-0.1, -0.05) is 11.3 Å². The minimum atomic E-state index is -0.0118. The number of anilines is 2. The first-order chi connectivity index (χ1) is 10.7. The maximum atomic E-state index is 5.84. The van der Waals surface area contributed by atoms with Crippen molar-refractivity contribution < 1.29 is 4.74 Å². The van der Waals surface area contributed by atoms with E-state index in [0.717, 1.165) is 32.7 Å². The second kappa shape index (κ2) is 5.15. The number of hydrogen-bond acceptors (Lipinski definition) is 7. The molecule has 3 aromatic rings. The summed E-state index contributed by atoms with van der Waals surface area (Å²) in [5.41, 5.74) is 3.77. The summed E-state index contributed by atoms with van der Waals surface area (Å²) in [5, 5.41) is 11.0. The normalized spacial score (nSPS) is 16.7. The number of aryl methyl sites for hydroxylation is 1. The summed E-state index contributed by atoms with van der Waals surface area (Å²) < 4.78 is 5.84. The fourth-order valence-electron chi connectivity index (χ4n) is 2.37. The molecule has 4 rings (SSSR count). The number of H-pyrrole nitrogens is 1. The maximum Gasteiger partial charge on any atom is 0.229 e. The van der Waals surface area contributed by atoms with E-state index in [1.165, 1.54) is 0 Å². The number of nitrogens with zero attached hydrogens (tertiary/aromatic N) is 4. The molecular weight excluding hydrogens is 300 g/mol. The summed E-state index contributed by atoms with van der Waals surface area (Å²) in [4.78, 5) is 14.3. The Morgan fingerprint density at radius 3 is 3.18 bits per heavy atom. The van der Waals surface area contributed by atoms with Crippen LogP contribution in [0.2, 0.25) is 0 Å². The van der Waals surface area contributed by atoms with Crippen molar-refractivity contribution in [3.8, 4) is 11.3 Å². The molecule has 0 saturated heterocycles. The maximum absolute atomic E-state index is 5.84. The Morgan fingerprint density at radius 2 is 2.32 bits per heavy atom. The highest BCUT2D eigenvalue weighted by Crippen LogP contribution is 2.41. The smallest absolute Gasteiger partial charge is 0.229 e. The number of nitrogens with one attached hydrogen (secondary N) is 2. The standard InChI is InChI=1S/C14H14N6OS/c1-7-3-4-15-13(17-7)19-14-18-11-9-5-16-20-10(9)6-21-8(2)12(11)22-14/h3-5,8H,6H2,1-2H3,(H,16,20)(H,15,17,18,19). The number of aromatic nitrogens is 5. The molecule has 0 aliphatic carbocycles. The molecule has 0 amide bonds. The van der Waals surface area contributed by atoms with Gasteiger partial charge in [0.1, 0.15) is 0 Å². The van der Waals surface area contributed by atoms with E-state index in [1.807, 2.05) is 19.9 Å². The quantitative estimate of drug-likeness (QED) is 0.756. The van der Waals surface area contributed by atoms with Crippen molar-refractivity contribution in [2.24, 2.45) is 0 Å². The molecule has 4 heterocycles. The van der Waals surface area contributed by atoms with Gasteiger partial charge >= 0.3 is 0 Å². The van der Waals surface area contributed by atoms with Crippen LogP contribution in [-0.4, -0.2) is 25.1 Å². The molecule has 0 bridgehead atoms. The van der Waals surface area contributed by atoms with Gasteiger partial charge in [0.15, 0.2) is 5.13 Å². The van der Waals surface area contributed by atoms with Crippen LogP contribution >= 0.6 is 11.3 Å². The fraction of sp³-hybridized carbons (Fsp3) is 0.286. The van der Waals surface area contributed by atoms with Gasteiger partial charge in [0.05, 0.1) is 35.2 Å². The first-order valence-corrected chi connectivity index (χ1v) is 7.74. The van der Waals surface area contributed by atoms with Crippen LogP contribution in [0.3, 0.4) is 0 Å². The van der Waals surface area contributed by atoms with Crippen molar-refractivity contribution in [2.45, 2.75) is 26.6 Å². The van der Waals surface area contributed by atoms with Crippen molar-refractivity contribution in [3.63, 3.8) is 0 Å². The van der Waals surface area contributed by atoms with Crippen molar-refractivity contribution in [2.75, 3.05) is 5.32 Å². The number of rotatable bonds is 2. The van der Waals surface area contributed by atoms with E-state index in [0.29, 0.717) is 12.6 Å². The van der Waals surface area contributed by atoms with Crippen LogP contribution in [0.15, 0.2) is 18.5 Å². The Labute approximate surface area is 130 Å². The molecule has 0 fully saturated rings. The number of fused-ring (bicyclic) bond motifs is 3. The average molecular weight is 314 g/mol. The first-order valence-electron chi connectivity index (χ1n) is 6.92. The molecule has 2 N–H and O–H groups in total. The van der Waals surface area contributed by atoms with Crippen LogP contribution in [0.25, 0.3) is 11.3 Å². The predicted molar refractivity (Wildman–Crippen MR) is 83.0 cm³/mol. The largest absolute Gasteiger partial charge is 0.367 e. The number of ether oxygens (including phenoxy) is 1. The van der Waals surface area contributed by atoms with Crippen LogP contribution < -0.4 is 5.32 Å². The van der Waals surface area contributed by atoms with Gasteiger partial charge in [0.2, 0.25) is 5.95 Å². The summed E-state index contributed by atoms with van der Waals surface area (Å²) in [5.74, 6) is 0.546. The van der Waals surface area contributed by atoms with Gasteiger partial charge in [-0.15, -0.1) is 0 Å². The van der Waals surface area contributed by atoms with Gasteiger partial charge < -0.3 is 10.1 Å². The third-order valence-corrected chi connectivity index (χ3v) is 4.62. The molecule has 1 aliphatic heterocycles. The number of thiazole rings is 1. The molecule has 7 nitrogen and oxygen atoms in total. The molecular formula is C14H14N6OS. The summed E-state index contributed by atoms with van der Waals surface area (Å²) in [7, 11) is 0. The first kappa shape index (κ1) is 13.4. The molecule has 22 heavy (non-hydrogen) atoms. The summed E-state index contributed by atoms with van der Waals surface area (Å²) >= 11 is 1.56. The minimum Gasteiger partial charge on any atom is -0.367 e. The summed E-state index contributed by atoms with van der Waals surface area (Å²) in [6.07, 6.45) is 3.51. The molecule has 112 valence electrons. The van der Waals surface area contributed by atoms with Gasteiger partial charge in [-0.3, -0.25) is 5.10 Å². The zero-order chi connectivity index (χ0) is 15.1. The lowest BCUT2D eigenvalue weighted by atomic mass is 10.1. The lowest BCUT2D eigenvalue weighted by Gasteiger charge is -2.07. The molecule has 8 heteroatoms. The van der Waals surface area contributed by atoms with Gasteiger partial charge in [0, 0.05) is 17.5 Å². The highest BCUT2D eigenvalue weighted by molar-refractivity contribution is 7.16. The summed E-state index contributed by atoms with van der Waals surface area (Å²) in [6.45, 7) is 4.48. The molecule has 0 saturated carbocycles. The van der Waals surface area contributed by atoms with E-state index in [4.69, 9.17) is 4.74 Å². The Hall–Kier alpha value is -2.32. The predicted octanol–water partition coefficient (Wildman–Crippen LogP) is 2.97. The fourth-order valence-corrected chi connectivity index (χ4v) is 3.34. The van der Waals surface area contributed by atoms with Crippen molar-refractivity contribution in [3.05, 3.63) is 34.7 Å². The van der Waals surface area contributed by atoms with Crippen LogP contribution in [0.4, 0.5) is 11.1 Å². The lowest BCUT2D eigenvalue weighted by Crippen LogP contribution is -1.97. The van der Waals surface area contributed by atoms with Gasteiger partial charge in [-0.05, 0) is 19.9 Å². The molecule has 3 aromatic heterocycles. The van der Waals surface area contributed by atoms with E-state index >= 15 is 0 Å². The van der Waals surface area contributed by atoms with Gasteiger partial charge in [0.25, 0.3) is 0 Å². The van der Waals surface area contributed by atoms with Crippen LogP contribution in [0.1, 0.15) is 29.3 Å². The number of aromatic amines is 1. The van der Waals surface area contributed by atoms with E-state index in [9.17, 15) is 0 Å². The van der Waals surface area contributed by atoms with Gasteiger partial charge in [-0.25, -0.2) is 15.0 Å². The Balaban J connectivity index is 1.74. The Kier molecular flexibility index (Phi) is 3.12. The van der Waals surface area contributed by atoms with Gasteiger partial charge in [-0.2, -0.15) is 5.10 Å². The van der Waals surface area contributed by atoms with Crippen molar-refractivity contribution in [1.29, 1.82) is 0 Å². The Bertz CT molecular complexity index is 826. The molecule has 1 aliphatic rings. The zero-order valence-electron chi connectivity index (χ0n) is 12.1. The lowest BCUT2D eigenvalue weighted by molar-refractivity contribution is 0.0551. The second-order valence-electron chi connectivity index (χ2n) is 5.09. The summed E-state index contributed by atoms with van der Waals surface area (Å²) in [6, 6.07) is 1.86. The van der Waals surface area contributed by atoms with Crippen molar-refractivity contribution >= 4 is 22.4 Å². The third-order valence-electron chi connectivity index (χ3n) is 3.49. The average Bonchev–Trinajstić information content (AvgIpc) is 3.08. The van der Waals surface area contributed by atoms with E-state index in [-0.39, 0.29) is 6.10 Å². The molecule has 1 atom stereocenters. The highest BCUT2D eigenvalue weighted by Gasteiger charge is 2.26. The topological polar surface area (TPSA) is 88.6 Å². The van der Waals surface area contributed by atoms with Crippen LogP contribution in [0.5, 0.6) is 0 Å². The monoisotopic (exact) mass is 314 g/mol. The van der Waals surface area contributed by atoms with Crippen LogP contribution in [0, 0.1) is 6.92 Å². The molecule has 0 aromatic carbocycles. The Morgan fingerprint density at radius 1 is 1.41 bits per heavy atom. The zero-order valence-corrected chi connectivity index (χ0v) is 12.9. The second-order valence-corrected chi connectivity index (χ2v) is 6.12. The van der Waals surface area contributed by atoms with E-state index < -0.39 is 0 Å². The molecule has 0 radical (unpaired) electrons.